The van der Waals surface area contributed by atoms with Crippen LogP contribution in [0.3, 0.4) is 0 Å². The largest absolute Gasteiger partial charge is 0.434 e. The standard InChI is InChI=1S/C37H43ClN6O7S/c1-52(48,49)43-30(18-15-24-8-3-2-4-9-24)36(47)44-22-28(50-23-25-13-16-27(38)17-14-25)21-31(44)32(45)20-26(10-7-19-41-37(39)40)34(46)35-42-29-11-5-6-12-33(29)51-35/h2-6,8-9,11-14,16-17,26,28,30-31,43H,7,10,15,18-23H2,1H3,(H4,39,40,41)/t26-,28-,30-,31+/m1/s1. The molecule has 0 bridgehead atoms. The number of aryl methyl sites for hydroxylation is 1. The summed E-state index contributed by atoms with van der Waals surface area (Å²) in [7, 11) is -3.81. The van der Waals surface area contributed by atoms with Crippen LogP contribution in [0.15, 0.2) is 88.3 Å². The number of nitrogens with two attached hydrogens (primary N) is 2. The molecule has 5 N–H and O–H groups in total. The first-order valence-electron chi connectivity index (χ1n) is 17.0. The average molecular weight is 751 g/mol. The molecule has 5 rings (SSSR count). The molecule has 3 aromatic carbocycles. The summed E-state index contributed by atoms with van der Waals surface area (Å²) in [6.45, 7) is 0.487. The van der Waals surface area contributed by atoms with E-state index in [1.54, 1.807) is 36.4 Å². The van der Waals surface area contributed by atoms with Crippen molar-refractivity contribution >= 4 is 56.2 Å². The summed E-state index contributed by atoms with van der Waals surface area (Å²) in [5.74, 6) is -2.45. The Morgan fingerprint density at radius 2 is 1.73 bits per heavy atom. The minimum atomic E-state index is -3.81. The van der Waals surface area contributed by atoms with Crippen molar-refractivity contribution in [2.75, 3.05) is 19.3 Å². The molecule has 1 saturated heterocycles. The lowest BCUT2D eigenvalue weighted by molar-refractivity contribution is -0.139. The number of amides is 1. The van der Waals surface area contributed by atoms with E-state index in [2.05, 4.69) is 14.7 Å². The van der Waals surface area contributed by atoms with E-state index in [1.165, 1.54) is 4.90 Å². The van der Waals surface area contributed by atoms with Crippen molar-refractivity contribution in [3.63, 3.8) is 0 Å². The molecule has 1 aliphatic rings. The first-order chi connectivity index (χ1) is 24.9. The van der Waals surface area contributed by atoms with Crippen LogP contribution in [0.1, 0.15) is 53.9 Å². The highest BCUT2D eigenvalue weighted by molar-refractivity contribution is 7.88. The molecular formula is C37H43ClN6O7S. The molecule has 0 radical (unpaired) electrons. The van der Waals surface area contributed by atoms with Crippen LogP contribution in [0.4, 0.5) is 0 Å². The number of oxazole rings is 1. The van der Waals surface area contributed by atoms with Crippen molar-refractivity contribution in [3.05, 3.63) is 101 Å². The zero-order valence-corrected chi connectivity index (χ0v) is 30.4. The van der Waals surface area contributed by atoms with Gasteiger partial charge in [-0.2, -0.15) is 0 Å². The zero-order chi connectivity index (χ0) is 37.3. The van der Waals surface area contributed by atoms with E-state index in [4.69, 9.17) is 32.2 Å². The number of fused-ring (bicyclic) bond motifs is 1. The average Bonchev–Trinajstić information content (AvgIpc) is 3.75. The summed E-state index contributed by atoms with van der Waals surface area (Å²) in [4.78, 5) is 52.2. The maximum absolute atomic E-state index is 14.3. The molecule has 1 fully saturated rings. The van der Waals surface area contributed by atoms with Crippen LogP contribution in [0.25, 0.3) is 11.1 Å². The van der Waals surface area contributed by atoms with Gasteiger partial charge in [-0.1, -0.05) is 66.2 Å². The molecule has 52 heavy (non-hydrogen) atoms. The number of hydrogen-bond acceptors (Lipinski definition) is 9. The fraction of sp³-hybridized carbons (Fsp3) is 0.378. The molecule has 1 amide bonds. The zero-order valence-electron chi connectivity index (χ0n) is 28.8. The van der Waals surface area contributed by atoms with Gasteiger partial charge in [-0.3, -0.25) is 19.4 Å². The van der Waals surface area contributed by atoms with Gasteiger partial charge < -0.3 is 25.5 Å². The number of aromatic nitrogens is 1. The van der Waals surface area contributed by atoms with Crippen LogP contribution in [0.2, 0.25) is 5.02 Å². The molecule has 0 spiro atoms. The Bertz CT molecular complexity index is 1950. The van der Waals surface area contributed by atoms with E-state index in [0.717, 1.165) is 17.4 Å². The lowest BCUT2D eigenvalue weighted by Crippen LogP contribution is -2.52. The molecular weight excluding hydrogens is 708 g/mol. The number of likely N-dealkylation sites (tertiary alicyclic amines) is 1. The summed E-state index contributed by atoms with van der Waals surface area (Å²) in [6, 6.07) is 21.4. The van der Waals surface area contributed by atoms with Gasteiger partial charge in [0.15, 0.2) is 17.3 Å². The monoisotopic (exact) mass is 750 g/mol. The molecule has 276 valence electrons. The van der Waals surface area contributed by atoms with Gasteiger partial charge in [0.1, 0.15) is 11.6 Å². The number of guanidine groups is 1. The minimum absolute atomic E-state index is 0.0460. The Kier molecular flexibility index (Phi) is 13.2. The quantitative estimate of drug-likeness (QED) is 0.0577. The molecule has 1 aromatic heterocycles. The number of carbonyl (C=O) groups is 3. The number of Topliss-reactive ketones (excluding diaryl/α,β-unsaturated/α-hetero) is 2. The molecule has 4 aromatic rings. The maximum Gasteiger partial charge on any atom is 0.264 e. The van der Waals surface area contributed by atoms with Gasteiger partial charge in [0.25, 0.3) is 5.89 Å². The Morgan fingerprint density at radius 3 is 2.42 bits per heavy atom. The van der Waals surface area contributed by atoms with E-state index in [1.807, 2.05) is 42.5 Å². The third-order valence-electron chi connectivity index (χ3n) is 8.86. The van der Waals surface area contributed by atoms with Crippen LogP contribution in [-0.2, 0) is 37.4 Å². The number of ether oxygens (including phenoxy) is 1. The van der Waals surface area contributed by atoms with Gasteiger partial charge in [-0.25, -0.2) is 18.1 Å². The summed E-state index contributed by atoms with van der Waals surface area (Å²) >= 11 is 6.04. The van der Waals surface area contributed by atoms with Crippen molar-refractivity contribution in [2.45, 2.75) is 63.3 Å². The summed E-state index contributed by atoms with van der Waals surface area (Å²) < 4.78 is 39.4. The summed E-state index contributed by atoms with van der Waals surface area (Å²) in [6.07, 6.45) is 1.58. The fourth-order valence-electron chi connectivity index (χ4n) is 6.31. The lowest BCUT2D eigenvalue weighted by Gasteiger charge is -2.29. The highest BCUT2D eigenvalue weighted by Gasteiger charge is 2.43. The maximum atomic E-state index is 14.3. The number of ketones is 2. The van der Waals surface area contributed by atoms with Gasteiger partial charge in [-0.05, 0) is 61.1 Å². The molecule has 0 unspecified atom stereocenters. The predicted octanol–water partition coefficient (Wildman–Crippen LogP) is 4.03. The topological polar surface area (TPSA) is 200 Å². The van der Waals surface area contributed by atoms with Gasteiger partial charge in [0, 0.05) is 36.9 Å². The smallest absolute Gasteiger partial charge is 0.264 e. The van der Waals surface area contributed by atoms with E-state index in [9.17, 15) is 22.8 Å². The first kappa shape index (κ1) is 38.6. The number of halogens is 1. The third-order valence-corrected chi connectivity index (χ3v) is 9.83. The molecule has 13 nitrogen and oxygen atoms in total. The number of nitrogens with one attached hydrogen (secondary N) is 1. The normalized spacial score (nSPS) is 17.2. The first-order valence-corrected chi connectivity index (χ1v) is 19.3. The highest BCUT2D eigenvalue weighted by Crippen LogP contribution is 2.29. The minimum Gasteiger partial charge on any atom is -0.434 e. The van der Waals surface area contributed by atoms with Gasteiger partial charge in [-0.15, -0.1) is 0 Å². The second kappa shape index (κ2) is 17.7. The molecule has 15 heteroatoms. The Balaban J connectivity index is 1.40. The van der Waals surface area contributed by atoms with Crippen LogP contribution < -0.4 is 16.2 Å². The highest BCUT2D eigenvalue weighted by atomic mass is 35.5. The second-order valence-corrected chi connectivity index (χ2v) is 15.2. The van der Waals surface area contributed by atoms with Crippen molar-refractivity contribution in [1.82, 2.24) is 14.6 Å². The molecule has 1 aliphatic heterocycles. The Labute approximate surface area is 307 Å². The molecule has 4 atom stereocenters. The third kappa shape index (κ3) is 10.9. The van der Waals surface area contributed by atoms with Gasteiger partial charge in [0.05, 0.1) is 25.0 Å². The van der Waals surface area contributed by atoms with Crippen molar-refractivity contribution in [3.8, 4) is 0 Å². The lowest BCUT2D eigenvalue weighted by atomic mass is 9.89. The van der Waals surface area contributed by atoms with Crippen LogP contribution in [0, 0.1) is 5.92 Å². The summed E-state index contributed by atoms with van der Waals surface area (Å²) in [5.41, 5.74) is 13.7. The second-order valence-electron chi connectivity index (χ2n) is 12.9. The predicted molar refractivity (Wildman–Crippen MR) is 198 cm³/mol. The number of nitrogens with zero attached hydrogens (tertiary/aromatic N) is 3. The number of benzene rings is 3. The van der Waals surface area contributed by atoms with Crippen molar-refractivity contribution < 1.29 is 32.0 Å². The van der Waals surface area contributed by atoms with Crippen molar-refractivity contribution in [1.29, 1.82) is 0 Å². The summed E-state index contributed by atoms with van der Waals surface area (Å²) in [5, 5.41) is 0.576. The Morgan fingerprint density at radius 1 is 1.02 bits per heavy atom. The number of para-hydroxylation sites is 2. The van der Waals surface area contributed by atoms with E-state index >= 15 is 0 Å². The van der Waals surface area contributed by atoms with E-state index in [0.29, 0.717) is 29.0 Å². The van der Waals surface area contributed by atoms with Gasteiger partial charge in [0.2, 0.25) is 21.7 Å². The van der Waals surface area contributed by atoms with Crippen LogP contribution in [-0.4, -0.2) is 79.3 Å². The van der Waals surface area contributed by atoms with Crippen LogP contribution >= 0.6 is 11.6 Å². The molecule has 2 heterocycles. The fourth-order valence-corrected chi connectivity index (χ4v) is 7.17. The molecule has 0 aliphatic carbocycles. The van der Waals surface area contributed by atoms with Crippen LogP contribution in [0.5, 0.6) is 0 Å². The number of aliphatic imine (C=N–C) groups is 1. The number of hydrogen-bond donors (Lipinski definition) is 3. The number of carbonyl (C=O) groups excluding carboxylic acids is 3. The molecule has 0 saturated carbocycles. The van der Waals surface area contributed by atoms with Crippen molar-refractivity contribution in [2.24, 2.45) is 22.4 Å². The number of rotatable bonds is 18. The van der Waals surface area contributed by atoms with Gasteiger partial charge >= 0.3 is 0 Å². The Hall–Kier alpha value is -4.63. The van der Waals surface area contributed by atoms with E-state index < -0.39 is 45.8 Å². The van der Waals surface area contributed by atoms with E-state index in [-0.39, 0.29) is 63.0 Å². The SMILES string of the molecule is CS(=O)(=O)N[C@H](CCc1ccccc1)C(=O)N1C[C@H](OCc2ccc(Cl)cc2)C[C@H]1C(=O)C[C@@H](CCCN=C(N)N)C(=O)c1nc2ccccc2o1. The number of sulfonamides is 1.